The van der Waals surface area contributed by atoms with Crippen molar-refractivity contribution in [1.29, 1.82) is 0 Å². The van der Waals surface area contributed by atoms with Gasteiger partial charge in [-0.05, 0) is 31.2 Å². The molecule has 1 saturated carbocycles. The minimum Gasteiger partial charge on any atom is -0.396 e. The van der Waals surface area contributed by atoms with Crippen molar-refractivity contribution >= 4 is 11.8 Å². The number of hydrogen-bond donors (Lipinski definition) is 2. The molecule has 0 aliphatic heterocycles. The highest BCUT2D eigenvalue weighted by Gasteiger charge is 2.41. The van der Waals surface area contributed by atoms with Crippen LogP contribution in [0.15, 0.2) is 0 Å². The summed E-state index contributed by atoms with van der Waals surface area (Å²) in [4.78, 5) is 0. The molecule has 96 valence electrons. The normalized spacial score (nSPS) is 30.6. The Morgan fingerprint density at radius 3 is 2.75 bits per heavy atom. The summed E-state index contributed by atoms with van der Waals surface area (Å²) in [6.45, 7) is 10.5. The zero-order valence-corrected chi connectivity index (χ0v) is 11.9. The summed E-state index contributed by atoms with van der Waals surface area (Å²) in [5.74, 6) is 0. The van der Waals surface area contributed by atoms with E-state index in [0.29, 0.717) is 23.3 Å². The van der Waals surface area contributed by atoms with Gasteiger partial charge in [0.15, 0.2) is 0 Å². The molecule has 0 saturated heterocycles. The molecule has 0 bridgehead atoms. The van der Waals surface area contributed by atoms with Gasteiger partial charge in [0.2, 0.25) is 0 Å². The molecule has 1 aliphatic carbocycles. The van der Waals surface area contributed by atoms with Gasteiger partial charge in [-0.15, -0.1) is 0 Å². The zero-order valence-electron chi connectivity index (χ0n) is 11.1. The highest BCUT2D eigenvalue weighted by Crippen LogP contribution is 2.44. The van der Waals surface area contributed by atoms with Crippen molar-refractivity contribution in [3.8, 4) is 0 Å². The van der Waals surface area contributed by atoms with Crippen molar-refractivity contribution in [3.63, 3.8) is 0 Å². The molecule has 3 unspecified atom stereocenters. The van der Waals surface area contributed by atoms with Gasteiger partial charge in [0.1, 0.15) is 0 Å². The molecule has 0 aromatic rings. The Morgan fingerprint density at radius 1 is 1.50 bits per heavy atom. The molecule has 0 spiro atoms. The maximum Gasteiger partial charge on any atom is 0.0441 e. The van der Waals surface area contributed by atoms with E-state index in [0.717, 1.165) is 18.2 Å². The number of nitrogens with one attached hydrogen (secondary N) is 1. The van der Waals surface area contributed by atoms with Crippen LogP contribution >= 0.6 is 11.8 Å². The number of hydrogen-bond acceptors (Lipinski definition) is 3. The first-order valence-corrected chi connectivity index (χ1v) is 7.45. The van der Waals surface area contributed by atoms with Crippen molar-refractivity contribution in [2.75, 3.05) is 13.2 Å². The lowest BCUT2D eigenvalue weighted by molar-refractivity contribution is 0.286. The minimum absolute atomic E-state index is 0.316. The summed E-state index contributed by atoms with van der Waals surface area (Å²) >= 11 is 2.06. The summed E-state index contributed by atoms with van der Waals surface area (Å²) in [7, 11) is 0. The fourth-order valence-electron chi connectivity index (χ4n) is 2.66. The summed E-state index contributed by atoms with van der Waals surface area (Å²) in [5.41, 5.74) is 0.423. The fourth-order valence-corrected chi connectivity index (χ4v) is 4.38. The second-order valence-corrected chi connectivity index (χ2v) is 7.24. The lowest BCUT2D eigenvalue weighted by Crippen LogP contribution is -2.43. The third kappa shape index (κ3) is 3.64. The van der Waals surface area contributed by atoms with Crippen LogP contribution in [0, 0.1) is 5.41 Å². The van der Waals surface area contributed by atoms with E-state index >= 15 is 0 Å². The molecule has 0 aromatic heterocycles. The first kappa shape index (κ1) is 14.3. The van der Waals surface area contributed by atoms with Crippen LogP contribution in [-0.4, -0.2) is 34.8 Å². The van der Waals surface area contributed by atoms with Crippen LogP contribution in [0.4, 0.5) is 0 Å². The van der Waals surface area contributed by atoms with E-state index in [4.69, 9.17) is 5.11 Å². The molecule has 1 fully saturated rings. The molecule has 3 heteroatoms. The Hall–Kier alpha value is 0.270. The maximum atomic E-state index is 8.95. The van der Waals surface area contributed by atoms with E-state index in [1.807, 2.05) is 0 Å². The van der Waals surface area contributed by atoms with Crippen LogP contribution in [0.3, 0.4) is 0 Å². The number of rotatable bonds is 6. The van der Waals surface area contributed by atoms with Gasteiger partial charge < -0.3 is 10.4 Å². The highest BCUT2D eigenvalue weighted by atomic mass is 32.2. The van der Waals surface area contributed by atoms with Crippen LogP contribution in [0.2, 0.25) is 0 Å². The van der Waals surface area contributed by atoms with Gasteiger partial charge >= 0.3 is 0 Å². The van der Waals surface area contributed by atoms with Crippen molar-refractivity contribution in [1.82, 2.24) is 5.32 Å². The molecular weight excluding hydrogens is 218 g/mol. The van der Waals surface area contributed by atoms with Crippen LogP contribution < -0.4 is 5.32 Å². The molecule has 16 heavy (non-hydrogen) atoms. The molecule has 0 aromatic carbocycles. The third-order valence-electron chi connectivity index (χ3n) is 3.65. The molecular formula is C13H27NOS. The van der Waals surface area contributed by atoms with E-state index in [1.165, 1.54) is 12.8 Å². The third-order valence-corrected chi connectivity index (χ3v) is 5.21. The van der Waals surface area contributed by atoms with Crippen molar-refractivity contribution in [2.24, 2.45) is 5.41 Å². The fraction of sp³-hybridized carbons (Fsp3) is 1.00. The first-order chi connectivity index (χ1) is 7.51. The molecule has 1 rings (SSSR count). The van der Waals surface area contributed by atoms with Gasteiger partial charge in [0, 0.05) is 23.1 Å². The minimum atomic E-state index is 0.316. The molecule has 0 amide bonds. The lowest BCUT2D eigenvalue weighted by atomic mass is 9.87. The topological polar surface area (TPSA) is 32.3 Å². The van der Waals surface area contributed by atoms with E-state index in [2.05, 4.69) is 44.8 Å². The van der Waals surface area contributed by atoms with Crippen LogP contribution in [0.5, 0.6) is 0 Å². The number of aliphatic hydroxyl groups excluding tert-OH is 1. The van der Waals surface area contributed by atoms with Gasteiger partial charge in [0.25, 0.3) is 0 Å². The molecule has 3 atom stereocenters. The lowest BCUT2D eigenvalue weighted by Gasteiger charge is -2.32. The molecule has 1 aliphatic rings. The number of aliphatic hydroxyl groups is 1. The molecule has 2 N–H and O–H groups in total. The van der Waals surface area contributed by atoms with Gasteiger partial charge in [-0.1, -0.05) is 27.7 Å². The Bertz CT molecular complexity index is 208. The van der Waals surface area contributed by atoms with Gasteiger partial charge in [-0.25, -0.2) is 0 Å². The Balaban J connectivity index is 2.52. The maximum absolute atomic E-state index is 8.95. The van der Waals surface area contributed by atoms with E-state index in [9.17, 15) is 0 Å². The zero-order chi connectivity index (χ0) is 12.2. The van der Waals surface area contributed by atoms with Crippen LogP contribution in [0.25, 0.3) is 0 Å². The van der Waals surface area contributed by atoms with Gasteiger partial charge in [0.05, 0.1) is 0 Å². The van der Waals surface area contributed by atoms with Gasteiger partial charge in [-0.3, -0.25) is 0 Å². The van der Waals surface area contributed by atoms with E-state index in [1.54, 1.807) is 0 Å². The quantitative estimate of drug-likeness (QED) is 0.754. The average molecular weight is 245 g/mol. The SMILES string of the molecule is CCNC1C(SC(C)CCO)CCC1(C)C. The largest absolute Gasteiger partial charge is 0.396 e. The second kappa shape index (κ2) is 6.27. The monoisotopic (exact) mass is 245 g/mol. The van der Waals surface area contributed by atoms with Crippen LogP contribution in [-0.2, 0) is 0 Å². The summed E-state index contributed by atoms with van der Waals surface area (Å²) in [5, 5.41) is 13.9. The van der Waals surface area contributed by atoms with Crippen molar-refractivity contribution in [2.45, 2.75) is 63.5 Å². The highest BCUT2D eigenvalue weighted by molar-refractivity contribution is 8.00. The summed E-state index contributed by atoms with van der Waals surface area (Å²) < 4.78 is 0. The average Bonchev–Trinajstić information content (AvgIpc) is 2.46. The predicted octanol–water partition coefficient (Wildman–Crippen LogP) is 2.66. The summed E-state index contributed by atoms with van der Waals surface area (Å²) in [6, 6.07) is 0.628. The van der Waals surface area contributed by atoms with Crippen molar-refractivity contribution < 1.29 is 5.11 Å². The Labute approximate surface area is 105 Å². The predicted molar refractivity (Wildman–Crippen MR) is 73.0 cm³/mol. The standard InChI is InChI=1S/C13H27NOS/c1-5-14-12-11(6-8-13(12,3)4)16-10(2)7-9-15/h10-12,14-15H,5-9H2,1-4H3. The second-order valence-electron chi connectivity index (χ2n) is 5.56. The van der Waals surface area contributed by atoms with Crippen molar-refractivity contribution in [3.05, 3.63) is 0 Å². The Kier molecular flexibility index (Phi) is 5.62. The molecule has 0 radical (unpaired) electrons. The van der Waals surface area contributed by atoms with E-state index < -0.39 is 0 Å². The van der Waals surface area contributed by atoms with E-state index in [-0.39, 0.29) is 0 Å². The van der Waals surface area contributed by atoms with Crippen LogP contribution in [0.1, 0.15) is 47.0 Å². The smallest absolute Gasteiger partial charge is 0.0441 e. The molecule has 0 heterocycles. The molecule has 2 nitrogen and oxygen atoms in total. The summed E-state index contributed by atoms with van der Waals surface area (Å²) in [6.07, 6.45) is 3.54. The Morgan fingerprint density at radius 2 is 2.19 bits per heavy atom. The first-order valence-electron chi connectivity index (χ1n) is 6.51. The van der Waals surface area contributed by atoms with Gasteiger partial charge in [-0.2, -0.15) is 11.8 Å². The number of thioether (sulfide) groups is 1.